The lowest BCUT2D eigenvalue weighted by atomic mass is 9.96. The maximum absolute atomic E-state index is 13.3. The van der Waals surface area contributed by atoms with E-state index in [1.165, 1.54) is 36.4 Å². The van der Waals surface area contributed by atoms with Crippen LogP contribution in [0.5, 0.6) is 5.75 Å². The molecule has 0 bridgehead atoms. The summed E-state index contributed by atoms with van der Waals surface area (Å²) in [6, 6.07) is 11.8. The molecule has 0 aromatic heterocycles. The van der Waals surface area contributed by atoms with Crippen LogP contribution in [0.1, 0.15) is 12.8 Å². The van der Waals surface area contributed by atoms with Gasteiger partial charge in [-0.1, -0.05) is 0 Å². The Kier molecular flexibility index (Phi) is 8.94. The summed E-state index contributed by atoms with van der Waals surface area (Å²) in [5.41, 5.74) is -0.227. The van der Waals surface area contributed by atoms with Gasteiger partial charge in [0.1, 0.15) is 29.6 Å². The molecule has 0 unspecified atom stereocenters. The Labute approximate surface area is 215 Å². The topological polar surface area (TPSA) is 71.6 Å². The van der Waals surface area contributed by atoms with Crippen LogP contribution < -0.4 is 9.64 Å². The Morgan fingerprint density at radius 2 is 1.54 bits per heavy atom. The Bertz CT molecular complexity index is 1050. The summed E-state index contributed by atoms with van der Waals surface area (Å²) >= 11 is 0. The Balaban J connectivity index is 1.42. The van der Waals surface area contributed by atoms with Crippen molar-refractivity contribution in [3.8, 4) is 5.75 Å². The summed E-state index contributed by atoms with van der Waals surface area (Å²) in [5.74, 6) is -0.389. The third-order valence-corrected chi connectivity index (χ3v) is 6.68. The van der Waals surface area contributed by atoms with Gasteiger partial charge < -0.3 is 28.9 Å². The maximum Gasteiger partial charge on any atom is 0.225 e. The van der Waals surface area contributed by atoms with Gasteiger partial charge in [-0.3, -0.25) is 9.59 Å². The number of carbonyl (C=O) groups is 2. The van der Waals surface area contributed by atoms with Crippen LogP contribution in [0.2, 0.25) is 0 Å². The van der Waals surface area contributed by atoms with E-state index >= 15 is 0 Å². The molecule has 10 heteroatoms. The maximum atomic E-state index is 13.3. The first-order valence-electron chi connectivity index (χ1n) is 12.5. The average Bonchev–Trinajstić information content (AvgIpc) is 2.92. The second-order valence-electron chi connectivity index (χ2n) is 9.41. The Morgan fingerprint density at radius 3 is 2.22 bits per heavy atom. The molecule has 0 radical (unpaired) electrons. The SMILES string of the molecule is CN(CCC(=O)N1CCO[C@@](COc2ccc(F)cc2)(CC(=O)N2CCOCC2)C1)c1ccc(F)cc1. The number of halogens is 2. The number of carbonyl (C=O) groups excluding carboxylic acids is 2. The molecule has 0 spiro atoms. The van der Waals surface area contributed by atoms with Gasteiger partial charge in [-0.25, -0.2) is 8.78 Å². The number of ether oxygens (including phenoxy) is 3. The third-order valence-electron chi connectivity index (χ3n) is 6.68. The first kappa shape index (κ1) is 26.8. The lowest BCUT2D eigenvalue weighted by molar-refractivity contribution is -0.167. The van der Waals surface area contributed by atoms with Gasteiger partial charge in [0, 0.05) is 45.3 Å². The molecule has 200 valence electrons. The van der Waals surface area contributed by atoms with Gasteiger partial charge in [0.15, 0.2) is 0 Å². The summed E-state index contributed by atoms with van der Waals surface area (Å²) in [5, 5.41) is 0. The molecule has 2 aliphatic heterocycles. The number of morpholine rings is 2. The fraction of sp³-hybridized carbons (Fsp3) is 0.481. The molecule has 2 saturated heterocycles. The Morgan fingerprint density at radius 1 is 0.919 bits per heavy atom. The van der Waals surface area contributed by atoms with Crippen molar-refractivity contribution in [3.05, 3.63) is 60.2 Å². The minimum Gasteiger partial charge on any atom is -0.490 e. The minimum atomic E-state index is -1.04. The normalized spacial score (nSPS) is 20.0. The fourth-order valence-corrected chi connectivity index (χ4v) is 4.50. The number of anilines is 1. The number of amides is 2. The highest BCUT2D eigenvalue weighted by molar-refractivity contribution is 5.79. The third kappa shape index (κ3) is 7.39. The van der Waals surface area contributed by atoms with Gasteiger partial charge in [0.25, 0.3) is 0 Å². The first-order chi connectivity index (χ1) is 17.8. The molecule has 37 heavy (non-hydrogen) atoms. The molecule has 2 fully saturated rings. The average molecular weight is 518 g/mol. The molecule has 2 heterocycles. The van der Waals surface area contributed by atoms with E-state index in [0.29, 0.717) is 45.1 Å². The summed E-state index contributed by atoms with van der Waals surface area (Å²) in [6.07, 6.45) is 0.299. The van der Waals surface area contributed by atoms with E-state index in [4.69, 9.17) is 14.2 Å². The molecule has 2 amide bonds. The van der Waals surface area contributed by atoms with Crippen LogP contribution in [-0.2, 0) is 19.1 Å². The van der Waals surface area contributed by atoms with Crippen molar-refractivity contribution in [3.63, 3.8) is 0 Å². The molecule has 2 aromatic carbocycles. The summed E-state index contributed by atoms with van der Waals surface area (Å²) < 4.78 is 44.0. The second kappa shape index (κ2) is 12.3. The molecular formula is C27H33F2N3O5. The number of hydrogen-bond acceptors (Lipinski definition) is 6. The van der Waals surface area contributed by atoms with Crippen molar-refractivity contribution in [1.29, 1.82) is 0 Å². The van der Waals surface area contributed by atoms with Crippen molar-refractivity contribution >= 4 is 17.5 Å². The first-order valence-corrected chi connectivity index (χ1v) is 12.5. The van der Waals surface area contributed by atoms with Crippen molar-refractivity contribution < 1.29 is 32.6 Å². The lowest BCUT2D eigenvalue weighted by Crippen LogP contribution is -2.59. The van der Waals surface area contributed by atoms with Gasteiger partial charge >= 0.3 is 0 Å². The van der Waals surface area contributed by atoms with Crippen LogP contribution in [0.4, 0.5) is 14.5 Å². The largest absolute Gasteiger partial charge is 0.490 e. The summed E-state index contributed by atoms with van der Waals surface area (Å²) in [6.45, 7) is 3.34. The molecule has 1 atom stereocenters. The van der Waals surface area contributed by atoms with Gasteiger partial charge in [0.05, 0.1) is 32.8 Å². The van der Waals surface area contributed by atoms with E-state index in [1.807, 2.05) is 11.9 Å². The van der Waals surface area contributed by atoms with Gasteiger partial charge in [-0.2, -0.15) is 0 Å². The predicted molar refractivity (Wildman–Crippen MR) is 133 cm³/mol. The van der Waals surface area contributed by atoms with Crippen LogP contribution in [0.3, 0.4) is 0 Å². The van der Waals surface area contributed by atoms with Crippen LogP contribution >= 0.6 is 0 Å². The van der Waals surface area contributed by atoms with Crippen LogP contribution in [0, 0.1) is 11.6 Å². The fourth-order valence-electron chi connectivity index (χ4n) is 4.50. The van der Waals surface area contributed by atoms with E-state index in [-0.39, 0.29) is 56.0 Å². The zero-order valence-electron chi connectivity index (χ0n) is 21.0. The quantitative estimate of drug-likeness (QED) is 0.510. The zero-order chi connectivity index (χ0) is 26.3. The molecule has 0 N–H and O–H groups in total. The van der Waals surface area contributed by atoms with Crippen molar-refractivity contribution in [2.45, 2.75) is 18.4 Å². The predicted octanol–water partition coefficient (Wildman–Crippen LogP) is 2.72. The highest BCUT2D eigenvalue weighted by atomic mass is 19.1. The highest BCUT2D eigenvalue weighted by Gasteiger charge is 2.42. The number of hydrogen-bond donors (Lipinski definition) is 0. The molecule has 0 saturated carbocycles. The number of benzene rings is 2. The summed E-state index contributed by atoms with van der Waals surface area (Å²) in [4.78, 5) is 31.7. The monoisotopic (exact) mass is 517 g/mol. The van der Waals surface area contributed by atoms with Gasteiger partial charge in [0.2, 0.25) is 11.8 Å². The van der Waals surface area contributed by atoms with Crippen molar-refractivity contribution in [1.82, 2.24) is 9.80 Å². The number of nitrogens with zero attached hydrogens (tertiary/aromatic N) is 3. The minimum absolute atomic E-state index is 0.0357. The zero-order valence-corrected chi connectivity index (χ0v) is 21.0. The van der Waals surface area contributed by atoms with E-state index in [2.05, 4.69) is 0 Å². The molecule has 0 aliphatic carbocycles. The van der Waals surface area contributed by atoms with Crippen molar-refractivity contribution in [2.24, 2.45) is 0 Å². The lowest BCUT2D eigenvalue weighted by Gasteiger charge is -2.43. The summed E-state index contributed by atoms with van der Waals surface area (Å²) in [7, 11) is 1.85. The van der Waals surface area contributed by atoms with Crippen LogP contribution in [0.15, 0.2) is 48.5 Å². The standard InChI is InChI=1S/C27H33F2N3O5/c1-30(23-6-2-21(28)3-7-23)11-10-25(33)32-14-17-37-27(19-32,18-26(34)31-12-15-35-16-13-31)20-36-24-8-4-22(29)5-9-24/h2-9H,10-20H2,1H3/t27-/m0/s1. The van der Waals surface area contributed by atoms with Crippen LogP contribution in [0.25, 0.3) is 0 Å². The van der Waals surface area contributed by atoms with Crippen LogP contribution in [-0.4, -0.2) is 93.4 Å². The van der Waals surface area contributed by atoms with E-state index in [1.54, 1.807) is 21.9 Å². The van der Waals surface area contributed by atoms with E-state index in [0.717, 1.165) is 5.69 Å². The number of rotatable bonds is 9. The molecule has 2 aliphatic rings. The van der Waals surface area contributed by atoms with E-state index < -0.39 is 5.60 Å². The van der Waals surface area contributed by atoms with Crippen molar-refractivity contribution in [2.75, 3.05) is 71.1 Å². The van der Waals surface area contributed by atoms with Gasteiger partial charge in [-0.15, -0.1) is 0 Å². The van der Waals surface area contributed by atoms with Gasteiger partial charge in [-0.05, 0) is 48.5 Å². The Hall–Kier alpha value is -3.24. The smallest absolute Gasteiger partial charge is 0.225 e. The molecular weight excluding hydrogens is 484 g/mol. The highest BCUT2D eigenvalue weighted by Crippen LogP contribution is 2.26. The molecule has 8 nitrogen and oxygen atoms in total. The molecule has 4 rings (SSSR count). The second-order valence-corrected chi connectivity index (χ2v) is 9.41. The van der Waals surface area contributed by atoms with E-state index in [9.17, 15) is 18.4 Å². The molecule has 2 aromatic rings.